The van der Waals surface area contributed by atoms with E-state index in [9.17, 15) is 0 Å². The van der Waals surface area contributed by atoms with Crippen LogP contribution in [0.15, 0.2) is 24.3 Å². The average Bonchev–Trinajstić information content (AvgIpc) is 2.96. The van der Waals surface area contributed by atoms with Crippen LogP contribution >= 0.6 is 0 Å². The van der Waals surface area contributed by atoms with E-state index in [4.69, 9.17) is 4.74 Å². The molecule has 122 valence electrons. The summed E-state index contributed by atoms with van der Waals surface area (Å²) in [4.78, 5) is 5.02. The number of nitrogens with one attached hydrogen (secondary N) is 1. The van der Waals surface area contributed by atoms with Crippen molar-refractivity contribution in [2.24, 2.45) is 5.92 Å². The lowest BCUT2D eigenvalue weighted by atomic mass is 10.1. The van der Waals surface area contributed by atoms with E-state index < -0.39 is 0 Å². The van der Waals surface area contributed by atoms with Crippen molar-refractivity contribution >= 4 is 0 Å². The zero-order valence-corrected chi connectivity index (χ0v) is 13.4. The summed E-state index contributed by atoms with van der Waals surface area (Å²) in [5.74, 6) is 1.24. The molecule has 0 unspecified atom stereocenters. The second kappa shape index (κ2) is 6.35. The maximum absolute atomic E-state index is 5.80. The normalized spacial score (nSPS) is 26.1. The van der Waals surface area contributed by atoms with E-state index in [1.807, 2.05) is 0 Å². The molecule has 23 heavy (non-hydrogen) atoms. The molecule has 7 nitrogen and oxygen atoms in total. The number of likely N-dealkylation sites (N-methyl/N-ethyl adjacent to an activating group) is 1. The third-order valence-corrected chi connectivity index (χ3v) is 4.78. The Bertz CT molecular complexity index is 629. The smallest absolute Gasteiger partial charge is 0.204 e. The van der Waals surface area contributed by atoms with Crippen molar-refractivity contribution in [3.8, 4) is 11.4 Å². The van der Waals surface area contributed by atoms with Gasteiger partial charge in [-0.3, -0.25) is 9.80 Å². The fraction of sp³-hybridized carbons (Fsp3) is 0.562. The molecule has 0 spiro atoms. The maximum atomic E-state index is 5.80. The molecule has 1 N–H and O–H groups in total. The van der Waals surface area contributed by atoms with Gasteiger partial charge in [-0.1, -0.05) is 24.3 Å². The lowest BCUT2D eigenvalue weighted by molar-refractivity contribution is 0.0516. The quantitative estimate of drug-likeness (QED) is 0.896. The molecule has 0 radical (unpaired) electrons. The van der Waals surface area contributed by atoms with Crippen LogP contribution in [0, 0.1) is 5.92 Å². The molecule has 2 fully saturated rings. The van der Waals surface area contributed by atoms with Crippen molar-refractivity contribution < 1.29 is 4.74 Å². The summed E-state index contributed by atoms with van der Waals surface area (Å²) >= 11 is 0. The topological polar surface area (TPSA) is 70.2 Å². The fourth-order valence-corrected chi connectivity index (χ4v) is 3.58. The van der Waals surface area contributed by atoms with E-state index >= 15 is 0 Å². The van der Waals surface area contributed by atoms with Gasteiger partial charge in [0.05, 0.1) is 13.2 Å². The van der Waals surface area contributed by atoms with Crippen LogP contribution in [-0.4, -0.2) is 76.4 Å². The summed E-state index contributed by atoms with van der Waals surface area (Å²) in [7, 11) is 2.22. The second-order valence-corrected chi connectivity index (χ2v) is 6.62. The van der Waals surface area contributed by atoms with Gasteiger partial charge < -0.3 is 4.74 Å². The highest BCUT2D eigenvalue weighted by Gasteiger charge is 2.31. The molecule has 2 aliphatic rings. The second-order valence-electron chi connectivity index (χ2n) is 6.62. The number of aromatic nitrogens is 4. The molecule has 0 aliphatic carbocycles. The zero-order chi connectivity index (χ0) is 15.6. The van der Waals surface area contributed by atoms with E-state index in [2.05, 4.69) is 61.7 Å². The number of hydrogen-bond donors (Lipinski definition) is 1. The van der Waals surface area contributed by atoms with Gasteiger partial charge in [-0.25, -0.2) is 0 Å². The number of ether oxygens (including phenoxy) is 1. The molecule has 2 bridgehead atoms. The molecule has 2 saturated heterocycles. The van der Waals surface area contributed by atoms with Gasteiger partial charge in [0.15, 0.2) is 0 Å². The Kier molecular flexibility index (Phi) is 4.07. The third-order valence-electron chi connectivity index (χ3n) is 4.78. The molecule has 3 heterocycles. The SMILES string of the molecule is CN1C[C@H]2COC[C@@H]1CN(Cc1ccc(-c3nn[nH]n3)cc1)C2. The Morgan fingerprint density at radius 2 is 2.04 bits per heavy atom. The van der Waals surface area contributed by atoms with Crippen LogP contribution in [0.5, 0.6) is 0 Å². The van der Waals surface area contributed by atoms with Crippen molar-refractivity contribution in [1.82, 2.24) is 30.4 Å². The van der Waals surface area contributed by atoms with Crippen LogP contribution < -0.4 is 0 Å². The van der Waals surface area contributed by atoms with Crippen LogP contribution in [0.25, 0.3) is 11.4 Å². The maximum Gasteiger partial charge on any atom is 0.204 e. The molecule has 1 aromatic carbocycles. The molecule has 0 saturated carbocycles. The van der Waals surface area contributed by atoms with E-state index in [1.54, 1.807) is 0 Å². The number of hydrogen-bond acceptors (Lipinski definition) is 6. The Labute approximate surface area is 135 Å². The van der Waals surface area contributed by atoms with Crippen LogP contribution in [-0.2, 0) is 11.3 Å². The highest BCUT2D eigenvalue weighted by atomic mass is 16.5. The van der Waals surface area contributed by atoms with Crippen LogP contribution in [0.4, 0.5) is 0 Å². The minimum Gasteiger partial charge on any atom is -0.379 e. The Hall–Kier alpha value is -1.83. The molecule has 7 heteroatoms. The molecule has 2 aliphatic heterocycles. The number of tetrazole rings is 1. The summed E-state index contributed by atoms with van der Waals surface area (Å²) in [6.45, 7) is 6.02. The summed E-state index contributed by atoms with van der Waals surface area (Å²) in [6.07, 6.45) is 0. The van der Waals surface area contributed by atoms with Gasteiger partial charge in [-0.2, -0.15) is 5.21 Å². The number of benzene rings is 1. The highest BCUT2D eigenvalue weighted by molar-refractivity contribution is 5.54. The summed E-state index contributed by atoms with van der Waals surface area (Å²) in [6, 6.07) is 8.95. The van der Waals surface area contributed by atoms with E-state index in [1.165, 1.54) is 5.56 Å². The van der Waals surface area contributed by atoms with Gasteiger partial charge in [0.25, 0.3) is 0 Å². The van der Waals surface area contributed by atoms with Crippen molar-refractivity contribution in [2.75, 3.05) is 39.9 Å². The lowest BCUT2D eigenvalue weighted by Crippen LogP contribution is -2.41. The first-order valence-corrected chi connectivity index (χ1v) is 8.11. The van der Waals surface area contributed by atoms with Crippen LogP contribution in [0.3, 0.4) is 0 Å². The van der Waals surface area contributed by atoms with Crippen molar-refractivity contribution in [1.29, 1.82) is 0 Å². The molecule has 1 aromatic heterocycles. The summed E-state index contributed by atoms with van der Waals surface area (Å²) in [5, 5.41) is 14.1. The minimum atomic E-state index is 0.501. The van der Waals surface area contributed by atoms with Gasteiger partial charge >= 0.3 is 0 Å². The molecule has 0 amide bonds. The first kappa shape index (κ1) is 14.7. The number of aromatic amines is 1. The van der Waals surface area contributed by atoms with Gasteiger partial charge in [0.1, 0.15) is 0 Å². The van der Waals surface area contributed by atoms with E-state index in [0.717, 1.165) is 45.0 Å². The largest absolute Gasteiger partial charge is 0.379 e. The van der Waals surface area contributed by atoms with Crippen molar-refractivity contribution in [2.45, 2.75) is 12.6 Å². The fourth-order valence-electron chi connectivity index (χ4n) is 3.58. The molecule has 4 rings (SSSR count). The van der Waals surface area contributed by atoms with E-state index in [0.29, 0.717) is 17.8 Å². The zero-order valence-electron chi connectivity index (χ0n) is 13.4. The van der Waals surface area contributed by atoms with Gasteiger partial charge in [-0.15, -0.1) is 10.2 Å². The van der Waals surface area contributed by atoms with Gasteiger partial charge in [0, 0.05) is 43.7 Å². The van der Waals surface area contributed by atoms with E-state index in [-0.39, 0.29) is 0 Å². The average molecular weight is 314 g/mol. The monoisotopic (exact) mass is 314 g/mol. The Morgan fingerprint density at radius 3 is 2.83 bits per heavy atom. The number of nitrogens with zero attached hydrogens (tertiary/aromatic N) is 5. The Balaban J connectivity index is 1.45. The first-order valence-electron chi connectivity index (χ1n) is 8.11. The Morgan fingerprint density at radius 1 is 1.17 bits per heavy atom. The lowest BCUT2D eigenvalue weighted by Gasteiger charge is -2.29. The van der Waals surface area contributed by atoms with Crippen molar-refractivity contribution in [3.63, 3.8) is 0 Å². The van der Waals surface area contributed by atoms with Gasteiger partial charge in [0.2, 0.25) is 5.82 Å². The number of H-pyrrole nitrogens is 1. The predicted octanol–water partition coefficient (Wildman–Crippen LogP) is 0.629. The summed E-state index contributed by atoms with van der Waals surface area (Å²) < 4.78 is 5.80. The van der Waals surface area contributed by atoms with Crippen molar-refractivity contribution in [3.05, 3.63) is 29.8 Å². The third kappa shape index (κ3) is 3.26. The molecular weight excluding hydrogens is 292 g/mol. The van der Waals surface area contributed by atoms with Gasteiger partial charge in [-0.05, 0) is 17.8 Å². The predicted molar refractivity (Wildman–Crippen MR) is 85.6 cm³/mol. The molecular formula is C16H22N6O. The van der Waals surface area contributed by atoms with Crippen LogP contribution in [0.1, 0.15) is 5.56 Å². The standard InChI is InChI=1S/C16H22N6O/c1-21-6-13-8-22(9-15(21)11-23-10-13)7-12-2-4-14(5-3-12)16-17-19-20-18-16/h2-5,13,15H,6-11H2,1H3,(H,17,18,19,20)/t13-,15+/m1/s1. The molecule has 2 atom stereocenters. The van der Waals surface area contributed by atoms with Crippen LogP contribution in [0.2, 0.25) is 0 Å². The number of fused-ring (bicyclic) bond motifs is 3. The minimum absolute atomic E-state index is 0.501. The highest BCUT2D eigenvalue weighted by Crippen LogP contribution is 2.21. The number of rotatable bonds is 3. The first-order chi connectivity index (χ1) is 11.3. The summed E-state index contributed by atoms with van der Waals surface area (Å²) in [5.41, 5.74) is 2.31. The molecule has 2 aromatic rings.